The van der Waals surface area contributed by atoms with Crippen LogP contribution >= 0.6 is 0 Å². The Morgan fingerprint density at radius 3 is 2.56 bits per heavy atom. The van der Waals surface area contributed by atoms with Crippen molar-refractivity contribution in [2.45, 2.75) is 34.6 Å². The summed E-state index contributed by atoms with van der Waals surface area (Å²) in [6.45, 7) is 13.7. The van der Waals surface area contributed by atoms with Crippen LogP contribution in [0.3, 0.4) is 0 Å². The second kappa shape index (κ2) is 9.95. The lowest BCUT2D eigenvalue weighted by Gasteiger charge is -2.33. The molecule has 1 saturated heterocycles. The molecule has 7 nitrogen and oxygen atoms in total. The fourth-order valence-corrected chi connectivity index (χ4v) is 4.33. The van der Waals surface area contributed by atoms with Crippen molar-refractivity contribution in [1.82, 2.24) is 9.55 Å². The van der Waals surface area contributed by atoms with Gasteiger partial charge in [0.2, 0.25) is 0 Å². The minimum absolute atomic E-state index is 0.0649. The number of hydrogen-bond acceptors (Lipinski definition) is 6. The first-order valence-corrected chi connectivity index (χ1v) is 11.7. The van der Waals surface area contributed by atoms with Crippen LogP contribution in [0.4, 0.5) is 14.5 Å². The number of allylic oxidation sites excluding steroid dienone is 1. The Bertz CT molecular complexity index is 1370. The molecule has 2 aromatic carbocycles. The van der Waals surface area contributed by atoms with Crippen molar-refractivity contribution in [3.05, 3.63) is 58.9 Å². The lowest BCUT2D eigenvalue weighted by molar-refractivity contribution is 0.0343. The number of benzene rings is 2. The highest BCUT2D eigenvalue weighted by Gasteiger charge is 2.35. The van der Waals surface area contributed by atoms with E-state index in [0.717, 1.165) is 12.1 Å². The van der Waals surface area contributed by atoms with E-state index in [0.29, 0.717) is 41.2 Å². The van der Waals surface area contributed by atoms with Gasteiger partial charge in [-0.2, -0.15) is 0 Å². The van der Waals surface area contributed by atoms with Crippen molar-refractivity contribution >= 4 is 47.7 Å². The van der Waals surface area contributed by atoms with Gasteiger partial charge in [0.1, 0.15) is 28.7 Å². The maximum Gasteiger partial charge on any atom is 0.494 e. The molecule has 188 valence electrons. The molecule has 0 N–H and O–H groups in total. The van der Waals surface area contributed by atoms with Gasteiger partial charge in [0.25, 0.3) is 0 Å². The number of fused-ring (bicyclic) bond motifs is 1. The van der Waals surface area contributed by atoms with E-state index in [1.54, 1.807) is 43.5 Å². The maximum atomic E-state index is 15.1. The van der Waals surface area contributed by atoms with Crippen LogP contribution in [0.2, 0.25) is 0 Å². The highest BCUT2D eigenvalue weighted by atomic mass is 19.1. The van der Waals surface area contributed by atoms with E-state index < -0.39 is 24.7 Å². The number of rotatable bonds is 6. The molecule has 0 atom stereocenters. The SMILES string of the molecule is C=Nc1c(F)ccc(F)c1/C(=C\C)n1c(C)nc2c(C(=O)OCC)cc(B3OCC(C)(C)CO3)cc21. The quantitative estimate of drug-likeness (QED) is 0.279. The summed E-state index contributed by atoms with van der Waals surface area (Å²) in [5.41, 5.74) is 1.52. The Hall–Kier alpha value is -3.37. The van der Waals surface area contributed by atoms with Crippen LogP contribution in [0.15, 0.2) is 35.3 Å². The van der Waals surface area contributed by atoms with Gasteiger partial charge in [-0.3, -0.25) is 9.56 Å². The van der Waals surface area contributed by atoms with Crippen LogP contribution in [0.1, 0.15) is 49.4 Å². The van der Waals surface area contributed by atoms with E-state index in [2.05, 4.69) is 16.7 Å². The summed E-state index contributed by atoms with van der Waals surface area (Å²) in [6.07, 6.45) is 1.63. The molecule has 1 aliphatic rings. The molecule has 0 saturated carbocycles. The van der Waals surface area contributed by atoms with Crippen LogP contribution in [0.5, 0.6) is 0 Å². The second-order valence-electron chi connectivity index (χ2n) is 9.35. The van der Waals surface area contributed by atoms with Gasteiger partial charge in [-0.05, 0) is 57.2 Å². The van der Waals surface area contributed by atoms with Crippen LogP contribution in [0.25, 0.3) is 16.7 Å². The minimum atomic E-state index is -0.718. The smallest absolute Gasteiger partial charge is 0.462 e. The third kappa shape index (κ3) is 4.58. The first kappa shape index (κ1) is 25.7. The third-order valence-corrected chi connectivity index (χ3v) is 5.98. The number of carbonyl (C=O) groups excluding carboxylic acids is 1. The predicted octanol–water partition coefficient (Wildman–Crippen LogP) is 4.81. The van der Waals surface area contributed by atoms with E-state index in [1.807, 2.05) is 13.8 Å². The van der Waals surface area contributed by atoms with Gasteiger partial charge in [-0.15, -0.1) is 0 Å². The van der Waals surface area contributed by atoms with Crippen LogP contribution in [-0.4, -0.2) is 49.2 Å². The van der Waals surface area contributed by atoms with Crippen LogP contribution < -0.4 is 5.46 Å². The molecule has 0 aliphatic carbocycles. The van der Waals surface area contributed by atoms with E-state index in [-0.39, 0.29) is 28.8 Å². The lowest BCUT2D eigenvalue weighted by Crippen LogP contribution is -2.47. The molecular weight excluding hydrogens is 467 g/mol. The van der Waals surface area contributed by atoms with Gasteiger partial charge in [-0.1, -0.05) is 19.9 Å². The summed E-state index contributed by atoms with van der Waals surface area (Å²) in [6, 6.07) is 5.47. The Morgan fingerprint density at radius 2 is 1.94 bits per heavy atom. The first-order valence-electron chi connectivity index (χ1n) is 11.7. The molecule has 0 bridgehead atoms. The molecule has 1 aliphatic heterocycles. The summed E-state index contributed by atoms with van der Waals surface area (Å²) < 4.78 is 48.5. The number of aryl methyl sites for hydroxylation is 1. The zero-order valence-electron chi connectivity index (χ0n) is 21.0. The maximum absolute atomic E-state index is 15.1. The predicted molar refractivity (Wildman–Crippen MR) is 136 cm³/mol. The largest absolute Gasteiger partial charge is 0.494 e. The second-order valence-corrected chi connectivity index (χ2v) is 9.35. The summed E-state index contributed by atoms with van der Waals surface area (Å²) in [4.78, 5) is 21.3. The van der Waals surface area contributed by atoms with Crippen molar-refractivity contribution < 1.29 is 27.6 Å². The molecule has 0 unspecified atom stereocenters. The molecule has 0 amide bonds. The average Bonchev–Trinajstić information content (AvgIpc) is 3.17. The number of aliphatic imine (C=N–C) groups is 1. The number of nitrogens with zero attached hydrogens (tertiary/aromatic N) is 3. The fraction of sp³-hybridized carbons (Fsp3) is 0.346. The summed E-state index contributed by atoms with van der Waals surface area (Å²) in [5.74, 6) is -1.48. The zero-order valence-corrected chi connectivity index (χ0v) is 21.0. The van der Waals surface area contributed by atoms with Crippen molar-refractivity contribution in [2.24, 2.45) is 10.4 Å². The number of hydrogen-bond donors (Lipinski definition) is 0. The zero-order chi connectivity index (χ0) is 26.2. The van der Waals surface area contributed by atoms with E-state index in [4.69, 9.17) is 14.0 Å². The molecule has 0 radical (unpaired) electrons. The number of carbonyl (C=O) groups is 1. The van der Waals surface area contributed by atoms with Gasteiger partial charge < -0.3 is 14.0 Å². The van der Waals surface area contributed by atoms with Gasteiger partial charge in [0.05, 0.1) is 28.9 Å². The normalized spacial score (nSPS) is 15.9. The van der Waals surface area contributed by atoms with Gasteiger partial charge in [0.15, 0.2) is 0 Å². The number of ether oxygens (including phenoxy) is 1. The highest BCUT2D eigenvalue weighted by Crippen LogP contribution is 2.35. The molecule has 10 heteroatoms. The summed E-state index contributed by atoms with van der Waals surface area (Å²) in [7, 11) is -0.718. The van der Waals surface area contributed by atoms with Crippen molar-refractivity contribution in [1.29, 1.82) is 0 Å². The fourth-order valence-electron chi connectivity index (χ4n) is 4.33. The molecule has 3 aromatic rings. The molecule has 36 heavy (non-hydrogen) atoms. The first-order chi connectivity index (χ1) is 17.1. The van der Waals surface area contributed by atoms with Crippen molar-refractivity contribution in [2.75, 3.05) is 19.8 Å². The van der Waals surface area contributed by atoms with Crippen LogP contribution in [0, 0.1) is 24.0 Å². The monoisotopic (exact) mass is 495 g/mol. The molecule has 2 heterocycles. The summed E-state index contributed by atoms with van der Waals surface area (Å²) >= 11 is 0. The van der Waals surface area contributed by atoms with Crippen molar-refractivity contribution in [3.8, 4) is 0 Å². The van der Waals surface area contributed by atoms with Crippen molar-refractivity contribution in [3.63, 3.8) is 0 Å². The van der Waals surface area contributed by atoms with Gasteiger partial charge in [-0.25, -0.2) is 18.6 Å². The lowest BCUT2D eigenvalue weighted by atomic mass is 9.75. The average molecular weight is 495 g/mol. The number of halogens is 2. The standard InChI is InChI=1S/C26H28BF2N3O4/c1-7-20(22-18(28)9-10-19(29)24(22)30-6)32-15(3)31-23-17(25(33)34-8-2)11-16(12-21(23)32)27-35-13-26(4,5)14-36-27/h7,9-12H,6,8,13-14H2,1-5H3/b20-7+. The number of imidazole rings is 1. The Kier molecular flexibility index (Phi) is 7.11. The molecule has 1 aromatic heterocycles. The summed E-state index contributed by atoms with van der Waals surface area (Å²) in [5, 5.41) is 0. The Morgan fingerprint density at radius 1 is 1.28 bits per heavy atom. The van der Waals surface area contributed by atoms with Gasteiger partial charge >= 0.3 is 13.1 Å². The topological polar surface area (TPSA) is 74.9 Å². The van der Waals surface area contributed by atoms with E-state index in [9.17, 15) is 9.18 Å². The number of esters is 1. The molecule has 1 fully saturated rings. The van der Waals surface area contributed by atoms with Crippen LogP contribution in [-0.2, 0) is 14.0 Å². The van der Waals surface area contributed by atoms with Gasteiger partial charge in [0, 0.05) is 18.6 Å². The minimum Gasteiger partial charge on any atom is -0.462 e. The van der Waals surface area contributed by atoms with E-state index in [1.165, 1.54) is 0 Å². The highest BCUT2D eigenvalue weighted by molar-refractivity contribution is 6.62. The number of aromatic nitrogens is 2. The third-order valence-electron chi connectivity index (χ3n) is 5.98. The molecule has 4 rings (SSSR count). The van der Waals surface area contributed by atoms with E-state index >= 15 is 4.39 Å². The Balaban J connectivity index is 1.97. The Labute approximate surface area is 208 Å². The molecule has 0 spiro atoms. The molecular formula is C26H28BF2N3O4.